The Balaban J connectivity index is 2.04. The number of rotatable bonds is 3. The average Bonchev–Trinajstić information content (AvgIpc) is 2.98. The van der Waals surface area contributed by atoms with Gasteiger partial charge in [0, 0.05) is 16.0 Å². The second-order valence-corrected chi connectivity index (χ2v) is 5.18. The number of hydrogen-bond donors (Lipinski definition) is 0. The van der Waals surface area contributed by atoms with Gasteiger partial charge in [0.1, 0.15) is 0 Å². The number of carbonyl (C=O) groups is 1. The van der Waals surface area contributed by atoms with Crippen LogP contribution in [0.1, 0.15) is 10.4 Å². The minimum Gasteiger partial charge on any atom is -0.298 e. The molecule has 0 radical (unpaired) electrons. The van der Waals surface area contributed by atoms with Crippen molar-refractivity contribution in [1.82, 2.24) is 0 Å². The Morgan fingerprint density at radius 3 is 2.37 bits per heavy atom. The Hall–Kier alpha value is -2.19. The van der Waals surface area contributed by atoms with E-state index in [9.17, 15) is 4.79 Å². The van der Waals surface area contributed by atoms with Crippen LogP contribution < -0.4 is 0 Å². The summed E-state index contributed by atoms with van der Waals surface area (Å²) in [6.07, 6.45) is 0.914. The zero-order valence-corrected chi connectivity index (χ0v) is 11.1. The van der Waals surface area contributed by atoms with Gasteiger partial charge in [-0.15, -0.1) is 11.3 Å². The van der Waals surface area contributed by atoms with Crippen LogP contribution in [0.5, 0.6) is 0 Å². The number of carbonyl (C=O) groups excluding carboxylic acids is 1. The van der Waals surface area contributed by atoms with Crippen molar-refractivity contribution in [2.45, 2.75) is 0 Å². The molecular weight excluding hydrogens is 252 g/mol. The van der Waals surface area contributed by atoms with Crippen molar-refractivity contribution in [3.8, 4) is 21.6 Å². The quantitative estimate of drug-likeness (QED) is 0.615. The maximum absolute atomic E-state index is 11.1. The molecule has 0 aliphatic heterocycles. The van der Waals surface area contributed by atoms with Crippen molar-refractivity contribution in [3.05, 3.63) is 71.6 Å². The Morgan fingerprint density at radius 2 is 1.58 bits per heavy atom. The zero-order chi connectivity index (χ0) is 13.1. The third kappa shape index (κ3) is 2.35. The first-order valence-electron chi connectivity index (χ1n) is 6.07. The van der Waals surface area contributed by atoms with Gasteiger partial charge in [0.25, 0.3) is 0 Å². The van der Waals surface area contributed by atoms with E-state index in [1.54, 1.807) is 11.3 Å². The molecule has 2 aromatic carbocycles. The second kappa shape index (κ2) is 5.21. The third-order valence-corrected chi connectivity index (χ3v) is 4.02. The lowest BCUT2D eigenvalue weighted by Crippen LogP contribution is -1.83. The second-order valence-electron chi connectivity index (χ2n) is 4.27. The highest BCUT2D eigenvalue weighted by Crippen LogP contribution is 2.33. The Kier molecular flexibility index (Phi) is 3.25. The summed E-state index contributed by atoms with van der Waals surface area (Å²) in [4.78, 5) is 12.2. The molecule has 0 saturated heterocycles. The van der Waals surface area contributed by atoms with E-state index in [-0.39, 0.29) is 0 Å². The van der Waals surface area contributed by atoms with Gasteiger partial charge >= 0.3 is 0 Å². The molecule has 0 fully saturated rings. The summed E-state index contributed by atoms with van der Waals surface area (Å²) in [5.74, 6) is 0. The minimum atomic E-state index is 0.740. The maximum atomic E-state index is 11.1. The van der Waals surface area contributed by atoms with Crippen LogP contribution >= 0.6 is 11.3 Å². The number of aldehydes is 1. The zero-order valence-electron chi connectivity index (χ0n) is 10.2. The molecular formula is C17H12OS. The van der Waals surface area contributed by atoms with Gasteiger partial charge in [-0.05, 0) is 22.6 Å². The standard InChI is InChI=1S/C17H12OS/c18-11-14-8-4-5-9-16(14)17-10-15(12-19-17)13-6-2-1-3-7-13/h1-12H. The van der Waals surface area contributed by atoms with Crippen LogP contribution in [0, 0.1) is 0 Å². The topological polar surface area (TPSA) is 17.1 Å². The molecule has 0 aliphatic carbocycles. The first-order valence-corrected chi connectivity index (χ1v) is 6.95. The summed E-state index contributed by atoms with van der Waals surface area (Å²) in [5, 5.41) is 2.13. The summed E-state index contributed by atoms with van der Waals surface area (Å²) >= 11 is 1.67. The lowest BCUT2D eigenvalue weighted by Gasteiger charge is -2.00. The summed E-state index contributed by atoms with van der Waals surface area (Å²) in [7, 11) is 0. The van der Waals surface area contributed by atoms with Crippen molar-refractivity contribution in [2.75, 3.05) is 0 Å². The highest BCUT2D eigenvalue weighted by molar-refractivity contribution is 7.14. The van der Waals surface area contributed by atoms with Gasteiger partial charge in [-0.3, -0.25) is 4.79 Å². The molecule has 0 unspecified atom stereocenters. The van der Waals surface area contributed by atoms with Gasteiger partial charge in [-0.25, -0.2) is 0 Å². The van der Waals surface area contributed by atoms with Gasteiger partial charge in [-0.1, -0.05) is 54.6 Å². The average molecular weight is 264 g/mol. The number of thiophene rings is 1. The fourth-order valence-corrected chi connectivity index (χ4v) is 3.05. The summed E-state index contributed by atoms with van der Waals surface area (Å²) in [6, 6.07) is 20.1. The van der Waals surface area contributed by atoms with Gasteiger partial charge in [0.2, 0.25) is 0 Å². The van der Waals surface area contributed by atoms with E-state index < -0.39 is 0 Å². The summed E-state index contributed by atoms with van der Waals surface area (Å²) < 4.78 is 0. The van der Waals surface area contributed by atoms with Gasteiger partial charge in [0.05, 0.1) is 0 Å². The fraction of sp³-hybridized carbons (Fsp3) is 0. The fourth-order valence-electron chi connectivity index (χ4n) is 2.08. The third-order valence-electron chi connectivity index (χ3n) is 3.06. The van der Waals surface area contributed by atoms with E-state index >= 15 is 0 Å². The molecule has 0 atom stereocenters. The monoisotopic (exact) mass is 264 g/mol. The molecule has 2 heteroatoms. The molecule has 1 aromatic heterocycles. The van der Waals surface area contributed by atoms with E-state index in [0.29, 0.717) is 0 Å². The summed E-state index contributed by atoms with van der Waals surface area (Å²) in [5.41, 5.74) is 4.14. The first kappa shape index (κ1) is 11.9. The van der Waals surface area contributed by atoms with Crippen LogP contribution in [0.2, 0.25) is 0 Å². The van der Waals surface area contributed by atoms with E-state index in [0.717, 1.165) is 22.3 Å². The molecule has 0 bridgehead atoms. The van der Waals surface area contributed by atoms with Crippen LogP contribution in [0.15, 0.2) is 66.0 Å². The lowest BCUT2D eigenvalue weighted by molar-refractivity contribution is 0.112. The molecule has 3 aromatic rings. The van der Waals surface area contributed by atoms with E-state index in [1.165, 1.54) is 11.1 Å². The molecule has 0 spiro atoms. The van der Waals surface area contributed by atoms with Crippen molar-refractivity contribution in [1.29, 1.82) is 0 Å². The molecule has 19 heavy (non-hydrogen) atoms. The number of hydrogen-bond acceptors (Lipinski definition) is 2. The molecule has 0 amide bonds. The van der Waals surface area contributed by atoms with Crippen molar-refractivity contribution in [2.24, 2.45) is 0 Å². The molecule has 0 N–H and O–H groups in total. The predicted octanol–water partition coefficient (Wildman–Crippen LogP) is 4.89. The van der Waals surface area contributed by atoms with Gasteiger partial charge in [0.15, 0.2) is 6.29 Å². The largest absolute Gasteiger partial charge is 0.298 e. The maximum Gasteiger partial charge on any atom is 0.150 e. The van der Waals surface area contributed by atoms with Crippen LogP contribution in [0.3, 0.4) is 0 Å². The predicted molar refractivity (Wildman–Crippen MR) is 80.6 cm³/mol. The van der Waals surface area contributed by atoms with Crippen LogP contribution in [0.25, 0.3) is 21.6 Å². The van der Waals surface area contributed by atoms with Crippen molar-refractivity contribution >= 4 is 17.6 Å². The summed E-state index contributed by atoms with van der Waals surface area (Å²) in [6.45, 7) is 0. The molecule has 0 aliphatic rings. The lowest BCUT2D eigenvalue weighted by atomic mass is 10.0. The SMILES string of the molecule is O=Cc1ccccc1-c1cc(-c2ccccc2)cs1. The molecule has 92 valence electrons. The molecule has 1 nitrogen and oxygen atoms in total. The highest BCUT2D eigenvalue weighted by Gasteiger charge is 2.07. The highest BCUT2D eigenvalue weighted by atomic mass is 32.1. The number of benzene rings is 2. The Bertz CT molecular complexity index is 698. The van der Waals surface area contributed by atoms with Crippen LogP contribution in [0.4, 0.5) is 0 Å². The normalized spacial score (nSPS) is 10.3. The molecule has 3 rings (SSSR count). The van der Waals surface area contributed by atoms with Crippen LogP contribution in [-0.2, 0) is 0 Å². The van der Waals surface area contributed by atoms with Crippen LogP contribution in [-0.4, -0.2) is 6.29 Å². The molecule has 1 heterocycles. The van der Waals surface area contributed by atoms with Gasteiger partial charge < -0.3 is 0 Å². The van der Waals surface area contributed by atoms with E-state index in [1.807, 2.05) is 42.5 Å². The molecule has 0 saturated carbocycles. The Labute approximate surface area is 116 Å². The minimum absolute atomic E-state index is 0.740. The van der Waals surface area contributed by atoms with Crippen molar-refractivity contribution < 1.29 is 4.79 Å². The smallest absolute Gasteiger partial charge is 0.150 e. The van der Waals surface area contributed by atoms with E-state index in [4.69, 9.17) is 0 Å². The van der Waals surface area contributed by atoms with Crippen molar-refractivity contribution in [3.63, 3.8) is 0 Å². The first-order chi connectivity index (χ1) is 9.38. The van der Waals surface area contributed by atoms with Gasteiger partial charge in [-0.2, -0.15) is 0 Å². The Morgan fingerprint density at radius 1 is 0.842 bits per heavy atom. The van der Waals surface area contributed by atoms with E-state index in [2.05, 4.69) is 23.6 Å².